The van der Waals surface area contributed by atoms with E-state index in [-0.39, 0.29) is 11.4 Å². The molecule has 2 aromatic carbocycles. The summed E-state index contributed by atoms with van der Waals surface area (Å²) < 4.78 is 52.2. The molecule has 0 heterocycles. The topological polar surface area (TPSA) is 46.2 Å². The lowest BCUT2D eigenvalue weighted by atomic mass is 10.1. The molecule has 2 aromatic rings. The number of hydrogen-bond acceptors (Lipinski definition) is 2. The predicted molar refractivity (Wildman–Crippen MR) is 78.5 cm³/mol. The number of hydrogen-bond donors (Lipinski definition) is 1. The van der Waals surface area contributed by atoms with Crippen molar-refractivity contribution in [3.63, 3.8) is 0 Å². The molecule has 0 spiro atoms. The molecular weight excluding hydrogens is 296 g/mol. The maximum atomic E-state index is 13.4. The summed E-state index contributed by atoms with van der Waals surface area (Å²) in [6.07, 6.45) is 1.00. The number of nitrogens with one attached hydrogen (secondary N) is 1. The number of sulfonamides is 1. The lowest BCUT2D eigenvalue weighted by Gasteiger charge is -2.09. The lowest BCUT2D eigenvalue weighted by Crippen LogP contribution is -2.18. The third-order valence-corrected chi connectivity index (χ3v) is 4.27. The molecule has 0 amide bonds. The van der Waals surface area contributed by atoms with E-state index in [0.717, 1.165) is 23.8 Å². The first-order valence-corrected chi connectivity index (χ1v) is 8.11. The van der Waals surface area contributed by atoms with Crippen LogP contribution in [-0.2, 0) is 16.4 Å². The summed E-state index contributed by atoms with van der Waals surface area (Å²) in [4.78, 5) is 0. The smallest absolute Gasteiger partial charge is 0.232 e. The molecule has 0 aromatic heterocycles. The fourth-order valence-corrected chi connectivity index (χ4v) is 3.02. The van der Waals surface area contributed by atoms with E-state index >= 15 is 0 Å². The van der Waals surface area contributed by atoms with Gasteiger partial charge in [0.25, 0.3) is 0 Å². The summed E-state index contributed by atoms with van der Waals surface area (Å²) in [7, 11) is -3.70. The van der Waals surface area contributed by atoms with Crippen LogP contribution in [0.5, 0.6) is 0 Å². The van der Waals surface area contributed by atoms with E-state index in [0.29, 0.717) is 12.8 Å². The second kappa shape index (κ2) is 6.67. The van der Waals surface area contributed by atoms with E-state index in [1.165, 1.54) is 0 Å². The van der Waals surface area contributed by atoms with Crippen molar-refractivity contribution in [1.82, 2.24) is 0 Å². The third kappa shape index (κ3) is 4.82. The molecule has 0 radical (unpaired) electrons. The van der Waals surface area contributed by atoms with Crippen molar-refractivity contribution in [2.45, 2.75) is 12.8 Å². The molecule has 0 saturated heterocycles. The van der Waals surface area contributed by atoms with Crippen LogP contribution < -0.4 is 4.72 Å². The number of benzene rings is 2. The van der Waals surface area contributed by atoms with E-state index in [4.69, 9.17) is 0 Å². The number of aryl methyl sites for hydroxylation is 1. The highest BCUT2D eigenvalue weighted by Crippen LogP contribution is 2.17. The molecule has 2 rings (SSSR count). The highest BCUT2D eigenvalue weighted by atomic mass is 32.2. The first kappa shape index (κ1) is 15.4. The molecule has 3 nitrogen and oxygen atoms in total. The molecule has 0 unspecified atom stereocenters. The van der Waals surface area contributed by atoms with Crippen LogP contribution in [0.4, 0.5) is 14.5 Å². The van der Waals surface area contributed by atoms with Gasteiger partial charge in [-0.15, -0.1) is 0 Å². The minimum absolute atomic E-state index is 0.155. The fraction of sp³-hybridized carbons (Fsp3) is 0.200. The molecule has 0 saturated carbocycles. The van der Waals surface area contributed by atoms with E-state index in [9.17, 15) is 17.2 Å². The average molecular weight is 311 g/mol. The monoisotopic (exact) mass is 311 g/mol. The van der Waals surface area contributed by atoms with Crippen molar-refractivity contribution in [3.05, 3.63) is 65.7 Å². The van der Waals surface area contributed by atoms with Crippen LogP contribution in [0.15, 0.2) is 48.5 Å². The summed E-state index contributed by atoms with van der Waals surface area (Å²) in [6, 6.07) is 12.1. The van der Waals surface area contributed by atoms with Crippen molar-refractivity contribution >= 4 is 15.7 Å². The van der Waals surface area contributed by atoms with Crippen LogP contribution in [0, 0.1) is 11.6 Å². The van der Waals surface area contributed by atoms with Gasteiger partial charge in [-0.1, -0.05) is 30.3 Å². The Balaban J connectivity index is 1.94. The summed E-state index contributed by atoms with van der Waals surface area (Å²) in [5.74, 6) is -1.65. The average Bonchev–Trinajstić information content (AvgIpc) is 2.43. The lowest BCUT2D eigenvalue weighted by molar-refractivity contribution is 0.592. The zero-order valence-corrected chi connectivity index (χ0v) is 12.0. The van der Waals surface area contributed by atoms with Crippen LogP contribution in [0.1, 0.15) is 12.0 Å². The molecule has 0 atom stereocenters. The maximum absolute atomic E-state index is 13.4. The standard InChI is InChI=1S/C15H15F2NO2S/c16-13-8-9-14(17)15(11-13)18-21(19,20)10-4-7-12-5-2-1-3-6-12/h1-3,5-6,8-9,11,18H,4,7,10H2. The van der Waals surface area contributed by atoms with Crippen molar-refractivity contribution in [2.75, 3.05) is 10.5 Å². The third-order valence-electron chi connectivity index (χ3n) is 2.92. The van der Waals surface area contributed by atoms with Gasteiger partial charge in [0, 0.05) is 6.07 Å². The van der Waals surface area contributed by atoms with E-state index in [2.05, 4.69) is 4.72 Å². The van der Waals surface area contributed by atoms with Crippen LogP contribution in [0.3, 0.4) is 0 Å². The van der Waals surface area contributed by atoms with E-state index in [1.807, 2.05) is 30.3 Å². The Morgan fingerprint density at radius 1 is 1.00 bits per heavy atom. The Morgan fingerprint density at radius 2 is 1.71 bits per heavy atom. The van der Waals surface area contributed by atoms with Crippen molar-refractivity contribution in [2.24, 2.45) is 0 Å². The van der Waals surface area contributed by atoms with Gasteiger partial charge in [-0.2, -0.15) is 0 Å². The Hall–Kier alpha value is -1.95. The Kier molecular flexibility index (Phi) is 4.90. The predicted octanol–water partition coefficient (Wildman–Crippen LogP) is 3.34. The molecule has 21 heavy (non-hydrogen) atoms. The Bertz CT molecular complexity index is 703. The Morgan fingerprint density at radius 3 is 2.43 bits per heavy atom. The fourth-order valence-electron chi connectivity index (χ4n) is 1.91. The molecular formula is C15H15F2NO2S. The van der Waals surface area contributed by atoms with Crippen molar-refractivity contribution in [3.8, 4) is 0 Å². The SMILES string of the molecule is O=S(=O)(CCCc1ccccc1)Nc1cc(F)ccc1F. The van der Waals surface area contributed by atoms with Gasteiger partial charge in [0.2, 0.25) is 10.0 Å². The second-order valence-corrected chi connectivity index (χ2v) is 6.48. The highest BCUT2D eigenvalue weighted by Gasteiger charge is 2.13. The largest absolute Gasteiger partial charge is 0.280 e. The highest BCUT2D eigenvalue weighted by molar-refractivity contribution is 7.92. The van der Waals surface area contributed by atoms with Crippen molar-refractivity contribution in [1.29, 1.82) is 0 Å². The molecule has 0 fully saturated rings. The normalized spacial score (nSPS) is 11.3. The minimum Gasteiger partial charge on any atom is -0.280 e. The molecule has 6 heteroatoms. The first-order valence-electron chi connectivity index (χ1n) is 6.46. The summed E-state index contributed by atoms with van der Waals surface area (Å²) in [5.41, 5.74) is 0.666. The maximum Gasteiger partial charge on any atom is 0.232 e. The molecule has 0 aliphatic carbocycles. The van der Waals surface area contributed by atoms with Gasteiger partial charge in [0.05, 0.1) is 11.4 Å². The van der Waals surface area contributed by atoms with Crippen LogP contribution in [0.2, 0.25) is 0 Å². The van der Waals surface area contributed by atoms with E-state index in [1.54, 1.807) is 0 Å². The number of rotatable bonds is 6. The van der Waals surface area contributed by atoms with Crippen LogP contribution in [0.25, 0.3) is 0 Å². The molecule has 112 valence electrons. The van der Waals surface area contributed by atoms with E-state index < -0.39 is 21.7 Å². The van der Waals surface area contributed by atoms with Gasteiger partial charge in [-0.05, 0) is 30.5 Å². The summed E-state index contributed by atoms with van der Waals surface area (Å²) in [5, 5.41) is 0. The van der Waals surface area contributed by atoms with Crippen molar-refractivity contribution < 1.29 is 17.2 Å². The molecule has 0 aliphatic rings. The van der Waals surface area contributed by atoms with Gasteiger partial charge < -0.3 is 0 Å². The van der Waals surface area contributed by atoms with Crippen LogP contribution in [-0.4, -0.2) is 14.2 Å². The summed E-state index contributed by atoms with van der Waals surface area (Å²) in [6.45, 7) is 0. The van der Waals surface area contributed by atoms with Gasteiger partial charge in [0.15, 0.2) is 0 Å². The quantitative estimate of drug-likeness (QED) is 0.889. The first-order chi connectivity index (χ1) is 9.96. The zero-order valence-electron chi connectivity index (χ0n) is 11.2. The number of anilines is 1. The Labute approximate surface area is 122 Å². The van der Waals surface area contributed by atoms with Gasteiger partial charge in [-0.25, -0.2) is 17.2 Å². The molecule has 1 N–H and O–H groups in total. The minimum atomic E-state index is -3.70. The second-order valence-electron chi connectivity index (χ2n) is 4.63. The van der Waals surface area contributed by atoms with Gasteiger partial charge in [-0.3, -0.25) is 4.72 Å². The summed E-state index contributed by atoms with van der Waals surface area (Å²) >= 11 is 0. The van der Waals surface area contributed by atoms with Crippen LogP contribution >= 0.6 is 0 Å². The molecule has 0 bridgehead atoms. The van der Waals surface area contributed by atoms with Gasteiger partial charge >= 0.3 is 0 Å². The zero-order chi connectivity index (χ0) is 15.3. The molecule has 0 aliphatic heterocycles. The van der Waals surface area contributed by atoms with Gasteiger partial charge in [0.1, 0.15) is 11.6 Å². The number of halogens is 2.